The molecule has 1 aliphatic heterocycles. The van der Waals surface area contributed by atoms with Crippen LogP contribution < -0.4 is 5.32 Å². The summed E-state index contributed by atoms with van der Waals surface area (Å²) in [5, 5.41) is 11.8. The lowest BCUT2D eigenvalue weighted by atomic mass is 10.1. The number of anilines is 1. The van der Waals surface area contributed by atoms with E-state index in [1.807, 2.05) is 0 Å². The molecule has 4 nitrogen and oxygen atoms in total. The lowest BCUT2D eigenvalue weighted by Crippen LogP contribution is -2.24. The number of hydrogen-bond acceptors (Lipinski definition) is 3. The van der Waals surface area contributed by atoms with Gasteiger partial charge in [0.1, 0.15) is 0 Å². The van der Waals surface area contributed by atoms with E-state index < -0.39 is 5.97 Å². The maximum atomic E-state index is 12.0. The molecular formula is C12H12ClNO3S. The van der Waals surface area contributed by atoms with Crippen LogP contribution in [0.4, 0.5) is 5.69 Å². The van der Waals surface area contributed by atoms with Crippen molar-refractivity contribution in [2.75, 3.05) is 11.1 Å². The molecule has 18 heavy (non-hydrogen) atoms. The smallest absolute Gasteiger partial charge is 0.337 e. The molecule has 96 valence electrons. The Morgan fingerprint density at radius 3 is 2.83 bits per heavy atom. The van der Waals surface area contributed by atoms with Crippen molar-refractivity contribution in [3.8, 4) is 0 Å². The number of hydrogen-bond donors (Lipinski definition) is 2. The van der Waals surface area contributed by atoms with Crippen molar-refractivity contribution in [3.05, 3.63) is 28.8 Å². The minimum absolute atomic E-state index is 0.0128. The van der Waals surface area contributed by atoms with E-state index in [0.29, 0.717) is 0 Å². The van der Waals surface area contributed by atoms with Crippen molar-refractivity contribution in [2.24, 2.45) is 0 Å². The molecule has 6 heteroatoms. The van der Waals surface area contributed by atoms with Crippen LogP contribution in [0.15, 0.2) is 18.2 Å². The van der Waals surface area contributed by atoms with Gasteiger partial charge in [-0.2, -0.15) is 0 Å². The highest BCUT2D eigenvalue weighted by Crippen LogP contribution is 2.30. The fraction of sp³-hybridized carbons (Fsp3) is 0.333. The van der Waals surface area contributed by atoms with Crippen LogP contribution in [0, 0.1) is 0 Å². The van der Waals surface area contributed by atoms with E-state index in [0.717, 1.165) is 18.6 Å². The van der Waals surface area contributed by atoms with Gasteiger partial charge < -0.3 is 10.4 Å². The summed E-state index contributed by atoms with van der Waals surface area (Å²) in [6, 6.07) is 4.53. The zero-order chi connectivity index (χ0) is 13.1. The second kappa shape index (κ2) is 5.63. The maximum absolute atomic E-state index is 12.0. The van der Waals surface area contributed by atoms with Gasteiger partial charge in [0.25, 0.3) is 0 Å². The van der Waals surface area contributed by atoms with Crippen LogP contribution in [0.2, 0.25) is 5.02 Å². The minimum atomic E-state index is -1.10. The second-order valence-corrected chi connectivity index (χ2v) is 5.68. The predicted octanol–water partition coefficient (Wildman–Crippen LogP) is 2.87. The van der Waals surface area contributed by atoms with Gasteiger partial charge in [-0.3, -0.25) is 4.79 Å². The lowest BCUT2D eigenvalue weighted by molar-refractivity contribution is -0.115. The van der Waals surface area contributed by atoms with Crippen molar-refractivity contribution in [3.63, 3.8) is 0 Å². The number of aromatic carboxylic acids is 1. The summed E-state index contributed by atoms with van der Waals surface area (Å²) in [6.45, 7) is 0. The van der Waals surface area contributed by atoms with E-state index in [4.69, 9.17) is 16.7 Å². The number of carboxylic acids is 1. The fourth-order valence-corrected chi connectivity index (χ4v) is 3.20. The third-order valence-corrected chi connectivity index (χ3v) is 4.41. The Kier molecular flexibility index (Phi) is 4.14. The Balaban J connectivity index is 2.22. The normalized spacial score (nSPS) is 18.6. The van der Waals surface area contributed by atoms with E-state index in [1.165, 1.54) is 6.07 Å². The summed E-state index contributed by atoms with van der Waals surface area (Å²) < 4.78 is 0. The zero-order valence-electron chi connectivity index (χ0n) is 9.48. The number of halogens is 1. The number of nitrogens with one attached hydrogen (secondary N) is 1. The van der Waals surface area contributed by atoms with Gasteiger partial charge in [0.15, 0.2) is 0 Å². The first kappa shape index (κ1) is 13.2. The third-order valence-electron chi connectivity index (χ3n) is 2.71. The molecule has 0 saturated carbocycles. The summed E-state index contributed by atoms with van der Waals surface area (Å²) in [5.41, 5.74) is 0.197. The molecule has 1 unspecified atom stereocenters. The molecule has 2 rings (SSSR count). The molecule has 2 N–H and O–H groups in total. The van der Waals surface area contributed by atoms with Gasteiger partial charge in [-0.05, 0) is 30.7 Å². The number of benzene rings is 1. The van der Waals surface area contributed by atoms with Crippen LogP contribution in [0.3, 0.4) is 0 Å². The van der Waals surface area contributed by atoms with E-state index in [-0.39, 0.29) is 27.4 Å². The van der Waals surface area contributed by atoms with Gasteiger partial charge in [-0.1, -0.05) is 17.7 Å². The summed E-state index contributed by atoms with van der Waals surface area (Å²) in [7, 11) is 0. The highest BCUT2D eigenvalue weighted by Gasteiger charge is 2.25. The molecule has 1 aromatic rings. The molecule has 0 spiro atoms. The van der Waals surface area contributed by atoms with Crippen molar-refractivity contribution in [2.45, 2.75) is 18.1 Å². The monoisotopic (exact) mass is 285 g/mol. The van der Waals surface area contributed by atoms with Crippen LogP contribution in [-0.2, 0) is 4.79 Å². The van der Waals surface area contributed by atoms with Crippen LogP contribution in [0.25, 0.3) is 0 Å². The zero-order valence-corrected chi connectivity index (χ0v) is 11.1. The van der Waals surface area contributed by atoms with Crippen molar-refractivity contribution < 1.29 is 14.7 Å². The molecule has 1 aromatic carbocycles. The number of carbonyl (C=O) groups is 2. The molecule has 1 heterocycles. The largest absolute Gasteiger partial charge is 0.478 e. The number of carboxylic acid groups (broad SMARTS) is 1. The lowest BCUT2D eigenvalue weighted by Gasteiger charge is -2.13. The summed E-state index contributed by atoms with van der Waals surface area (Å²) in [5.74, 6) is -0.313. The van der Waals surface area contributed by atoms with E-state index in [2.05, 4.69) is 5.32 Å². The SMILES string of the molecule is O=C(O)c1cccc(Cl)c1NC(=O)C1CCCS1. The van der Waals surface area contributed by atoms with Crippen molar-refractivity contribution in [1.29, 1.82) is 0 Å². The Labute approximate surface area is 114 Å². The first-order valence-electron chi connectivity index (χ1n) is 5.54. The predicted molar refractivity (Wildman–Crippen MR) is 72.5 cm³/mol. The molecule has 1 atom stereocenters. The maximum Gasteiger partial charge on any atom is 0.337 e. The fourth-order valence-electron chi connectivity index (χ4n) is 1.82. The molecule has 0 bridgehead atoms. The first-order valence-corrected chi connectivity index (χ1v) is 6.96. The first-order chi connectivity index (χ1) is 8.59. The van der Waals surface area contributed by atoms with Crippen LogP contribution in [0.1, 0.15) is 23.2 Å². The number of amides is 1. The van der Waals surface area contributed by atoms with Crippen LogP contribution in [-0.4, -0.2) is 28.0 Å². The molecule has 0 aromatic heterocycles. The highest BCUT2D eigenvalue weighted by atomic mass is 35.5. The number of thioether (sulfide) groups is 1. The molecule has 0 aliphatic carbocycles. The Morgan fingerprint density at radius 1 is 1.44 bits per heavy atom. The van der Waals surface area contributed by atoms with Crippen LogP contribution in [0.5, 0.6) is 0 Å². The van der Waals surface area contributed by atoms with Crippen molar-refractivity contribution in [1.82, 2.24) is 0 Å². The quantitative estimate of drug-likeness (QED) is 0.896. The number of carbonyl (C=O) groups excluding carboxylic acids is 1. The third kappa shape index (κ3) is 2.79. The molecular weight excluding hydrogens is 274 g/mol. The number of para-hydroxylation sites is 1. The molecule has 1 amide bonds. The topological polar surface area (TPSA) is 66.4 Å². The minimum Gasteiger partial charge on any atom is -0.478 e. The van der Waals surface area contributed by atoms with Gasteiger partial charge in [-0.15, -0.1) is 11.8 Å². The molecule has 1 aliphatic rings. The van der Waals surface area contributed by atoms with Gasteiger partial charge >= 0.3 is 5.97 Å². The van der Waals surface area contributed by atoms with Gasteiger partial charge in [0, 0.05) is 0 Å². The van der Waals surface area contributed by atoms with Crippen LogP contribution >= 0.6 is 23.4 Å². The highest BCUT2D eigenvalue weighted by molar-refractivity contribution is 8.00. The van der Waals surface area contributed by atoms with Gasteiger partial charge in [-0.25, -0.2) is 4.79 Å². The summed E-state index contributed by atoms with van der Waals surface area (Å²) >= 11 is 7.53. The van der Waals surface area contributed by atoms with Gasteiger partial charge in [0.05, 0.1) is 21.5 Å². The Hall–Kier alpha value is -1.20. The summed E-state index contributed by atoms with van der Waals surface area (Å²) in [4.78, 5) is 23.0. The van der Waals surface area contributed by atoms with Crippen molar-refractivity contribution >= 4 is 40.9 Å². The Bertz CT molecular complexity index is 486. The summed E-state index contributed by atoms with van der Waals surface area (Å²) in [6.07, 6.45) is 1.83. The molecule has 0 radical (unpaired) electrons. The number of rotatable bonds is 3. The molecule has 1 saturated heterocycles. The van der Waals surface area contributed by atoms with E-state index in [1.54, 1.807) is 23.9 Å². The van der Waals surface area contributed by atoms with E-state index in [9.17, 15) is 9.59 Å². The Morgan fingerprint density at radius 2 is 2.22 bits per heavy atom. The standard InChI is InChI=1S/C12H12ClNO3S/c13-8-4-1-3-7(12(16)17)10(8)14-11(15)9-5-2-6-18-9/h1,3-4,9H,2,5-6H2,(H,14,15)(H,16,17). The second-order valence-electron chi connectivity index (χ2n) is 3.96. The molecule has 1 fully saturated rings. The van der Waals surface area contributed by atoms with Gasteiger partial charge in [0.2, 0.25) is 5.91 Å². The average Bonchev–Trinajstić information content (AvgIpc) is 2.85. The average molecular weight is 286 g/mol. The van der Waals surface area contributed by atoms with E-state index >= 15 is 0 Å².